The van der Waals surface area contributed by atoms with Crippen molar-refractivity contribution in [2.24, 2.45) is 5.92 Å². The third-order valence-electron chi connectivity index (χ3n) is 3.49. The highest BCUT2D eigenvalue weighted by Gasteiger charge is 2.45. The van der Waals surface area contributed by atoms with E-state index < -0.39 is 30.0 Å². The number of nitrogens with one attached hydrogen (secondary N) is 2. The number of amides is 2. The molecule has 1 aliphatic heterocycles. The molecule has 2 atom stereocenters. The Kier molecular flexibility index (Phi) is 4.20. The second-order valence-corrected chi connectivity index (χ2v) is 5.04. The van der Waals surface area contributed by atoms with Crippen molar-refractivity contribution >= 4 is 17.5 Å². The van der Waals surface area contributed by atoms with E-state index in [4.69, 9.17) is 0 Å². The number of anilines is 1. The Balaban J connectivity index is 2.02. The average molecular weight is 300 g/mol. The van der Waals surface area contributed by atoms with Gasteiger partial charge in [0.15, 0.2) is 0 Å². The minimum Gasteiger partial charge on any atom is -0.344 e. The van der Waals surface area contributed by atoms with Crippen LogP contribution in [-0.4, -0.2) is 24.0 Å². The summed E-state index contributed by atoms with van der Waals surface area (Å²) in [5.74, 6) is -2.56. The highest BCUT2D eigenvalue weighted by molar-refractivity contribution is 6.07. The maximum absolute atomic E-state index is 12.5. The fraction of sp³-hybridized carbons (Fsp3) is 0.429. The number of benzene rings is 1. The SMILES string of the molecule is Cc1ccccc1NC(=O)C1CCC(C(F)(F)F)NC1=O. The molecule has 1 heterocycles. The van der Waals surface area contributed by atoms with Gasteiger partial charge in [0, 0.05) is 5.69 Å². The number of piperidine rings is 1. The van der Waals surface area contributed by atoms with Gasteiger partial charge in [-0.25, -0.2) is 0 Å². The number of alkyl halides is 3. The predicted molar refractivity (Wildman–Crippen MR) is 70.5 cm³/mol. The third kappa shape index (κ3) is 3.53. The first-order valence-electron chi connectivity index (χ1n) is 6.52. The van der Waals surface area contributed by atoms with Crippen LogP contribution in [0.3, 0.4) is 0 Å². The summed E-state index contributed by atoms with van der Waals surface area (Å²) in [6.45, 7) is 1.79. The molecule has 1 aliphatic rings. The quantitative estimate of drug-likeness (QED) is 0.824. The van der Waals surface area contributed by atoms with Gasteiger partial charge < -0.3 is 10.6 Å². The first kappa shape index (κ1) is 15.3. The summed E-state index contributed by atoms with van der Waals surface area (Å²) >= 11 is 0. The summed E-state index contributed by atoms with van der Waals surface area (Å²) in [5.41, 5.74) is 1.36. The molecule has 0 radical (unpaired) electrons. The van der Waals surface area contributed by atoms with Gasteiger partial charge >= 0.3 is 6.18 Å². The van der Waals surface area contributed by atoms with Crippen molar-refractivity contribution in [3.63, 3.8) is 0 Å². The standard InChI is InChI=1S/C14H15F3N2O2/c1-8-4-2-3-5-10(8)18-12(20)9-6-7-11(14(15,16)17)19-13(9)21/h2-5,9,11H,6-7H2,1H3,(H,18,20)(H,19,21). The van der Waals surface area contributed by atoms with Crippen LogP contribution in [-0.2, 0) is 9.59 Å². The van der Waals surface area contributed by atoms with Crippen LogP contribution in [0.1, 0.15) is 18.4 Å². The first-order valence-corrected chi connectivity index (χ1v) is 6.52. The Hall–Kier alpha value is -2.05. The number of para-hydroxylation sites is 1. The molecule has 2 amide bonds. The minimum absolute atomic E-state index is 0.117. The average Bonchev–Trinajstić information content (AvgIpc) is 2.40. The summed E-state index contributed by atoms with van der Waals surface area (Å²) in [6.07, 6.45) is -4.89. The van der Waals surface area contributed by atoms with E-state index in [1.807, 2.05) is 5.32 Å². The maximum atomic E-state index is 12.5. The molecule has 0 bridgehead atoms. The predicted octanol–water partition coefficient (Wildman–Crippen LogP) is 2.39. The molecular weight excluding hydrogens is 285 g/mol. The Morgan fingerprint density at radius 2 is 1.95 bits per heavy atom. The Bertz CT molecular complexity index is 557. The van der Waals surface area contributed by atoms with Crippen molar-refractivity contribution in [2.45, 2.75) is 32.0 Å². The largest absolute Gasteiger partial charge is 0.408 e. The van der Waals surface area contributed by atoms with Crippen LogP contribution < -0.4 is 10.6 Å². The van der Waals surface area contributed by atoms with E-state index in [1.54, 1.807) is 31.2 Å². The van der Waals surface area contributed by atoms with Crippen molar-refractivity contribution in [1.82, 2.24) is 5.32 Å². The van der Waals surface area contributed by atoms with Crippen molar-refractivity contribution < 1.29 is 22.8 Å². The lowest BCUT2D eigenvalue weighted by atomic mass is 9.92. The Morgan fingerprint density at radius 3 is 2.52 bits per heavy atom. The molecule has 21 heavy (non-hydrogen) atoms. The Labute approximate surface area is 119 Å². The van der Waals surface area contributed by atoms with Crippen LogP contribution in [0.25, 0.3) is 0 Å². The van der Waals surface area contributed by atoms with Crippen molar-refractivity contribution in [2.75, 3.05) is 5.32 Å². The molecule has 1 fully saturated rings. The fourth-order valence-electron chi connectivity index (χ4n) is 2.24. The lowest BCUT2D eigenvalue weighted by Crippen LogP contribution is -2.53. The zero-order valence-corrected chi connectivity index (χ0v) is 11.3. The van der Waals surface area contributed by atoms with Gasteiger partial charge in [-0.2, -0.15) is 13.2 Å². The van der Waals surface area contributed by atoms with Gasteiger partial charge in [0.2, 0.25) is 11.8 Å². The first-order chi connectivity index (χ1) is 9.79. The summed E-state index contributed by atoms with van der Waals surface area (Å²) in [7, 11) is 0. The van der Waals surface area contributed by atoms with Gasteiger partial charge in [-0.3, -0.25) is 9.59 Å². The number of aryl methyl sites for hydroxylation is 1. The van der Waals surface area contributed by atoms with Crippen LogP contribution in [0.5, 0.6) is 0 Å². The van der Waals surface area contributed by atoms with Gasteiger partial charge in [0.05, 0.1) is 0 Å². The zero-order chi connectivity index (χ0) is 15.6. The molecule has 2 rings (SSSR count). The van der Waals surface area contributed by atoms with E-state index in [0.717, 1.165) is 5.56 Å². The van der Waals surface area contributed by atoms with Gasteiger partial charge in [-0.1, -0.05) is 18.2 Å². The van der Waals surface area contributed by atoms with E-state index in [1.165, 1.54) is 0 Å². The number of hydrogen-bond acceptors (Lipinski definition) is 2. The van der Waals surface area contributed by atoms with Crippen molar-refractivity contribution in [1.29, 1.82) is 0 Å². The lowest BCUT2D eigenvalue weighted by Gasteiger charge is -2.29. The molecule has 0 spiro atoms. The molecule has 0 aliphatic carbocycles. The second-order valence-electron chi connectivity index (χ2n) is 5.04. The molecule has 114 valence electrons. The van der Waals surface area contributed by atoms with Crippen LogP contribution in [0.4, 0.5) is 18.9 Å². The maximum Gasteiger partial charge on any atom is 0.408 e. The monoisotopic (exact) mass is 300 g/mol. The highest BCUT2D eigenvalue weighted by Crippen LogP contribution is 2.29. The summed E-state index contributed by atoms with van der Waals surface area (Å²) in [4.78, 5) is 23.7. The van der Waals surface area contributed by atoms with Crippen LogP contribution in [0.15, 0.2) is 24.3 Å². The minimum atomic E-state index is -4.48. The van der Waals surface area contributed by atoms with Crippen LogP contribution in [0.2, 0.25) is 0 Å². The molecule has 1 saturated heterocycles. The van der Waals surface area contributed by atoms with E-state index in [2.05, 4.69) is 5.32 Å². The van der Waals surface area contributed by atoms with Crippen molar-refractivity contribution in [3.8, 4) is 0 Å². The molecule has 1 aromatic rings. The number of hydrogen-bond donors (Lipinski definition) is 2. The molecule has 2 N–H and O–H groups in total. The van der Waals surface area contributed by atoms with E-state index >= 15 is 0 Å². The molecule has 1 aromatic carbocycles. The highest BCUT2D eigenvalue weighted by atomic mass is 19.4. The van der Waals surface area contributed by atoms with Crippen molar-refractivity contribution in [3.05, 3.63) is 29.8 Å². The Morgan fingerprint density at radius 1 is 1.29 bits per heavy atom. The van der Waals surface area contributed by atoms with E-state index in [9.17, 15) is 22.8 Å². The smallest absolute Gasteiger partial charge is 0.344 e. The normalized spacial score (nSPS) is 22.6. The number of carbonyl (C=O) groups is 2. The molecule has 4 nitrogen and oxygen atoms in total. The third-order valence-corrected chi connectivity index (χ3v) is 3.49. The number of carbonyl (C=O) groups excluding carboxylic acids is 2. The molecule has 2 unspecified atom stereocenters. The van der Waals surface area contributed by atoms with Gasteiger partial charge in [-0.05, 0) is 31.4 Å². The van der Waals surface area contributed by atoms with Gasteiger partial charge in [-0.15, -0.1) is 0 Å². The molecule has 0 saturated carbocycles. The van der Waals surface area contributed by atoms with Crippen LogP contribution in [0, 0.1) is 12.8 Å². The van der Waals surface area contributed by atoms with E-state index in [0.29, 0.717) is 5.69 Å². The van der Waals surface area contributed by atoms with Gasteiger partial charge in [0.1, 0.15) is 12.0 Å². The molecule has 0 aromatic heterocycles. The lowest BCUT2D eigenvalue weighted by molar-refractivity contribution is -0.170. The second kappa shape index (κ2) is 5.75. The van der Waals surface area contributed by atoms with E-state index in [-0.39, 0.29) is 12.8 Å². The number of rotatable bonds is 2. The molecule has 7 heteroatoms. The summed E-state index contributed by atoms with van der Waals surface area (Å²) < 4.78 is 37.6. The summed E-state index contributed by atoms with van der Waals surface area (Å²) in [5, 5.41) is 4.45. The number of halogens is 3. The molecular formula is C14H15F3N2O2. The van der Waals surface area contributed by atoms with Gasteiger partial charge in [0.25, 0.3) is 0 Å². The zero-order valence-electron chi connectivity index (χ0n) is 11.3. The summed E-state index contributed by atoms with van der Waals surface area (Å²) in [6, 6.07) is 5.12. The van der Waals surface area contributed by atoms with Crippen LogP contribution >= 0.6 is 0 Å². The fourth-order valence-corrected chi connectivity index (χ4v) is 2.24. The topological polar surface area (TPSA) is 58.2 Å².